The summed E-state index contributed by atoms with van der Waals surface area (Å²) in [5, 5.41) is 12.6. The van der Waals surface area contributed by atoms with E-state index in [0.29, 0.717) is 6.04 Å². The Bertz CT molecular complexity index is 363. The highest BCUT2D eigenvalue weighted by Crippen LogP contribution is 2.23. The minimum Gasteiger partial charge on any atom is -0.488 e. The van der Waals surface area contributed by atoms with Gasteiger partial charge in [-0.15, -0.1) is 0 Å². The number of aryl methyl sites for hydroxylation is 1. The number of ether oxygens (including phenoxy) is 1. The van der Waals surface area contributed by atoms with Crippen molar-refractivity contribution in [2.45, 2.75) is 45.9 Å². The molecule has 1 rings (SSSR count). The van der Waals surface area contributed by atoms with Gasteiger partial charge in [0.1, 0.15) is 11.9 Å². The van der Waals surface area contributed by atoms with E-state index in [9.17, 15) is 5.11 Å². The van der Waals surface area contributed by atoms with Gasteiger partial charge in [-0.25, -0.2) is 0 Å². The second-order valence-electron chi connectivity index (χ2n) is 4.60. The first kappa shape index (κ1) is 14.0. The lowest BCUT2D eigenvalue weighted by atomic mass is 10.1. The van der Waals surface area contributed by atoms with Gasteiger partial charge < -0.3 is 15.2 Å². The fourth-order valence-corrected chi connectivity index (χ4v) is 1.54. The molecule has 0 fully saturated rings. The van der Waals surface area contributed by atoms with E-state index in [1.165, 1.54) is 5.56 Å². The molecule has 1 aromatic carbocycles. The zero-order chi connectivity index (χ0) is 13.0. The fraction of sp³-hybridized carbons (Fsp3) is 0.571. The van der Waals surface area contributed by atoms with Crippen molar-refractivity contribution in [1.29, 1.82) is 0 Å². The molecule has 0 aliphatic heterocycles. The molecule has 0 spiro atoms. The van der Waals surface area contributed by atoms with Gasteiger partial charge in [0, 0.05) is 6.04 Å². The Labute approximate surface area is 104 Å². The predicted octanol–water partition coefficient (Wildman–Crippen LogP) is 2.42. The van der Waals surface area contributed by atoms with E-state index >= 15 is 0 Å². The molecular weight excluding hydrogens is 214 g/mol. The van der Waals surface area contributed by atoms with E-state index in [1.54, 1.807) is 6.92 Å². The molecule has 3 atom stereocenters. The van der Waals surface area contributed by atoms with Crippen molar-refractivity contribution in [3.63, 3.8) is 0 Å². The Kier molecular flexibility index (Phi) is 4.97. The maximum absolute atomic E-state index is 9.42. The van der Waals surface area contributed by atoms with Gasteiger partial charge in [-0.2, -0.15) is 0 Å². The Morgan fingerprint density at radius 2 is 1.88 bits per heavy atom. The Morgan fingerprint density at radius 3 is 2.35 bits per heavy atom. The highest BCUT2D eigenvalue weighted by Gasteiger charge is 2.12. The smallest absolute Gasteiger partial charge is 0.122 e. The summed E-state index contributed by atoms with van der Waals surface area (Å²) < 4.78 is 5.70. The van der Waals surface area contributed by atoms with Crippen LogP contribution in [0.15, 0.2) is 18.2 Å². The van der Waals surface area contributed by atoms with Crippen LogP contribution < -0.4 is 10.1 Å². The van der Waals surface area contributed by atoms with Crippen molar-refractivity contribution in [1.82, 2.24) is 5.32 Å². The quantitative estimate of drug-likeness (QED) is 0.826. The first-order valence-electron chi connectivity index (χ1n) is 6.08. The number of rotatable bonds is 5. The zero-order valence-corrected chi connectivity index (χ0v) is 11.3. The summed E-state index contributed by atoms with van der Waals surface area (Å²) in [6, 6.07) is 6.47. The molecule has 0 aromatic heterocycles. The summed E-state index contributed by atoms with van der Waals surface area (Å²) in [5.74, 6) is 0.838. The second-order valence-corrected chi connectivity index (χ2v) is 4.60. The van der Waals surface area contributed by atoms with Gasteiger partial charge in [-0.05, 0) is 51.9 Å². The van der Waals surface area contributed by atoms with Gasteiger partial charge in [0.2, 0.25) is 0 Å². The van der Waals surface area contributed by atoms with E-state index in [-0.39, 0.29) is 6.10 Å². The van der Waals surface area contributed by atoms with Crippen molar-refractivity contribution >= 4 is 0 Å². The van der Waals surface area contributed by atoms with Gasteiger partial charge in [0.25, 0.3) is 0 Å². The molecule has 2 N–H and O–H groups in total. The summed E-state index contributed by atoms with van der Waals surface area (Å²) in [4.78, 5) is 0. The molecule has 0 radical (unpaired) electrons. The molecule has 0 saturated heterocycles. The summed E-state index contributed by atoms with van der Waals surface area (Å²) in [5.41, 5.74) is 2.33. The van der Waals surface area contributed by atoms with Crippen molar-refractivity contribution < 1.29 is 9.84 Å². The predicted molar refractivity (Wildman–Crippen MR) is 70.4 cm³/mol. The second kappa shape index (κ2) is 6.03. The number of nitrogens with one attached hydrogen (secondary N) is 1. The van der Waals surface area contributed by atoms with Crippen LogP contribution in [0.2, 0.25) is 0 Å². The average Bonchev–Trinajstić information content (AvgIpc) is 2.30. The minimum atomic E-state index is -0.467. The van der Waals surface area contributed by atoms with Crippen LogP contribution in [0.3, 0.4) is 0 Å². The molecule has 3 unspecified atom stereocenters. The van der Waals surface area contributed by atoms with Crippen molar-refractivity contribution in [2.24, 2.45) is 0 Å². The molecule has 3 heteroatoms. The molecule has 0 saturated carbocycles. The van der Waals surface area contributed by atoms with E-state index in [0.717, 1.165) is 11.3 Å². The van der Waals surface area contributed by atoms with Gasteiger partial charge in [-0.3, -0.25) is 0 Å². The van der Waals surface area contributed by atoms with Crippen molar-refractivity contribution in [2.75, 3.05) is 7.05 Å². The van der Waals surface area contributed by atoms with Crippen LogP contribution in [0.1, 0.15) is 37.9 Å². The number of hydrogen-bond donors (Lipinski definition) is 2. The molecule has 0 aliphatic rings. The molecule has 1 aromatic rings. The van der Waals surface area contributed by atoms with Crippen molar-refractivity contribution in [3.8, 4) is 5.75 Å². The molecular formula is C14H23NO2. The van der Waals surface area contributed by atoms with Crippen LogP contribution in [0, 0.1) is 6.92 Å². The van der Waals surface area contributed by atoms with Crippen LogP contribution in [0.4, 0.5) is 0 Å². The van der Waals surface area contributed by atoms with Crippen LogP contribution in [-0.2, 0) is 0 Å². The maximum Gasteiger partial charge on any atom is 0.122 e. The largest absolute Gasteiger partial charge is 0.488 e. The Hall–Kier alpha value is -1.06. The lowest BCUT2D eigenvalue weighted by molar-refractivity contribution is 0.0600. The van der Waals surface area contributed by atoms with E-state index in [1.807, 2.05) is 27.0 Å². The summed E-state index contributed by atoms with van der Waals surface area (Å²) >= 11 is 0. The minimum absolute atomic E-state index is 0.193. The third kappa shape index (κ3) is 3.72. The molecule has 3 nitrogen and oxygen atoms in total. The lowest BCUT2D eigenvalue weighted by Crippen LogP contribution is -2.25. The maximum atomic E-state index is 9.42. The number of aliphatic hydroxyl groups excluding tert-OH is 1. The first-order valence-corrected chi connectivity index (χ1v) is 6.08. The Morgan fingerprint density at radius 1 is 1.24 bits per heavy atom. The van der Waals surface area contributed by atoms with Crippen LogP contribution in [-0.4, -0.2) is 24.4 Å². The summed E-state index contributed by atoms with van der Waals surface area (Å²) in [7, 11) is 1.94. The standard InChI is InChI=1S/C14H23NO2/c1-9-8-13(10(2)15-5)6-7-14(9)17-12(4)11(3)16/h6-8,10-12,15-16H,1-5H3. The van der Waals surface area contributed by atoms with Gasteiger partial charge in [-0.1, -0.05) is 12.1 Å². The van der Waals surface area contributed by atoms with Gasteiger partial charge in [0.05, 0.1) is 6.10 Å². The fourth-order valence-electron chi connectivity index (χ4n) is 1.54. The average molecular weight is 237 g/mol. The van der Waals surface area contributed by atoms with E-state index < -0.39 is 6.10 Å². The molecule has 0 amide bonds. The van der Waals surface area contributed by atoms with E-state index in [4.69, 9.17) is 4.74 Å². The SMILES string of the molecule is CNC(C)c1ccc(OC(C)C(C)O)c(C)c1. The van der Waals surface area contributed by atoms with Gasteiger partial charge in [0.15, 0.2) is 0 Å². The number of aliphatic hydroxyl groups is 1. The normalized spacial score (nSPS) is 16.4. The third-order valence-electron chi connectivity index (χ3n) is 3.12. The highest BCUT2D eigenvalue weighted by molar-refractivity contribution is 5.37. The van der Waals surface area contributed by atoms with Crippen LogP contribution in [0.5, 0.6) is 5.75 Å². The third-order valence-corrected chi connectivity index (χ3v) is 3.12. The molecule has 0 heterocycles. The van der Waals surface area contributed by atoms with Gasteiger partial charge >= 0.3 is 0 Å². The monoisotopic (exact) mass is 237 g/mol. The first-order chi connectivity index (χ1) is 7.95. The molecule has 17 heavy (non-hydrogen) atoms. The zero-order valence-electron chi connectivity index (χ0n) is 11.3. The topological polar surface area (TPSA) is 41.5 Å². The number of benzene rings is 1. The summed E-state index contributed by atoms with van der Waals surface area (Å²) in [6.07, 6.45) is -0.661. The van der Waals surface area contributed by atoms with Crippen LogP contribution >= 0.6 is 0 Å². The molecule has 0 bridgehead atoms. The van der Waals surface area contributed by atoms with Crippen molar-refractivity contribution in [3.05, 3.63) is 29.3 Å². The highest BCUT2D eigenvalue weighted by atomic mass is 16.5. The molecule has 96 valence electrons. The molecule has 0 aliphatic carbocycles. The summed E-state index contributed by atoms with van der Waals surface area (Å²) in [6.45, 7) is 7.75. The Balaban J connectivity index is 2.83. The lowest BCUT2D eigenvalue weighted by Gasteiger charge is -2.20. The van der Waals surface area contributed by atoms with E-state index in [2.05, 4.69) is 24.4 Å². The number of hydrogen-bond acceptors (Lipinski definition) is 3. The van der Waals surface area contributed by atoms with Crippen LogP contribution in [0.25, 0.3) is 0 Å².